The molecule has 0 aromatic heterocycles. The molecule has 40 heavy (non-hydrogen) atoms. The van der Waals surface area contributed by atoms with Gasteiger partial charge in [-0.25, -0.2) is 9.59 Å². The van der Waals surface area contributed by atoms with E-state index in [0.717, 1.165) is 22.3 Å². The highest BCUT2D eigenvalue weighted by molar-refractivity contribution is 7.99. The van der Waals surface area contributed by atoms with Crippen LogP contribution < -0.4 is 16.0 Å². The maximum atomic E-state index is 12.7. The minimum atomic E-state index is -0.897. The van der Waals surface area contributed by atoms with E-state index < -0.39 is 30.1 Å². The first-order valence-electron chi connectivity index (χ1n) is 13.3. The highest BCUT2D eigenvalue weighted by Gasteiger charge is 2.29. The second-order valence-corrected chi connectivity index (χ2v) is 10.5. The standard InChI is InChI=1S/C29H37N3O7S/c1-19(34)31-26(18-40-16-15-33)27(35)32-25(28(36)38-2)13-7-8-14-30-29(37)39-17-24-22-11-5-3-9-20(22)21-10-4-6-12-23(21)24/h3-6,9-12,24-26,33H,7-8,13-18H2,1-2H3,(H,30,37)(H,31,34)(H,32,35)/t25-,26-/m0/s1. The van der Waals surface area contributed by atoms with Crippen LogP contribution in [0.1, 0.15) is 43.2 Å². The lowest BCUT2D eigenvalue weighted by atomic mass is 9.98. The van der Waals surface area contributed by atoms with Crippen LogP contribution in [0, 0.1) is 0 Å². The topological polar surface area (TPSA) is 143 Å². The minimum Gasteiger partial charge on any atom is -0.467 e. The van der Waals surface area contributed by atoms with E-state index >= 15 is 0 Å². The van der Waals surface area contributed by atoms with E-state index in [9.17, 15) is 19.2 Å². The second-order valence-electron chi connectivity index (χ2n) is 9.38. The Balaban J connectivity index is 1.43. The number of methoxy groups -OCH3 is 1. The molecule has 0 heterocycles. The lowest BCUT2D eigenvalue weighted by Gasteiger charge is -2.21. The summed E-state index contributed by atoms with van der Waals surface area (Å²) in [6.45, 7) is 1.82. The van der Waals surface area contributed by atoms with Gasteiger partial charge in [0.2, 0.25) is 11.8 Å². The maximum Gasteiger partial charge on any atom is 0.407 e. The Morgan fingerprint density at radius 1 is 0.950 bits per heavy atom. The zero-order valence-corrected chi connectivity index (χ0v) is 23.6. The monoisotopic (exact) mass is 571 g/mol. The third kappa shape index (κ3) is 8.72. The van der Waals surface area contributed by atoms with Crippen molar-refractivity contribution in [2.45, 2.75) is 44.2 Å². The van der Waals surface area contributed by atoms with Gasteiger partial charge < -0.3 is 30.5 Å². The molecule has 2 aromatic carbocycles. The van der Waals surface area contributed by atoms with Crippen LogP contribution in [0.4, 0.5) is 4.79 Å². The van der Waals surface area contributed by atoms with Crippen LogP contribution in [0.2, 0.25) is 0 Å². The Kier molecular flexibility index (Phi) is 12.3. The summed E-state index contributed by atoms with van der Waals surface area (Å²) in [6.07, 6.45) is 0.850. The molecular weight excluding hydrogens is 534 g/mol. The fraction of sp³-hybridized carbons (Fsp3) is 0.448. The SMILES string of the molecule is COC(=O)[C@H](CCCCNC(=O)OCC1c2ccccc2-c2ccccc21)NC(=O)[C@H](CSCCO)NC(C)=O. The number of carbonyl (C=O) groups excluding carboxylic acids is 4. The third-order valence-electron chi connectivity index (χ3n) is 6.55. The molecule has 1 aliphatic carbocycles. The highest BCUT2D eigenvalue weighted by Crippen LogP contribution is 2.44. The fourth-order valence-corrected chi connectivity index (χ4v) is 5.44. The molecule has 216 valence electrons. The summed E-state index contributed by atoms with van der Waals surface area (Å²) in [5, 5.41) is 16.9. The van der Waals surface area contributed by atoms with Crippen molar-refractivity contribution >= 4 is 35.6 Å². The number of esters is 1. The molecule has 3 rings (SSSR count). The Morgan fingerprint density at radius 2 is 1.60 bits per heavy atom. The number of hydrogen-bond donors (Lipinski definition) is 4. The van der Waals surface area contributed by atoms with Gasteiger partial charge in [-0.1, -0.05) is 48.5 Å². The van der Waals surface area contributed by atoms with E-state index in [1.807, 2.05) is 24.3 Å². The molecule has 2 aromatic rings. The van der Waals surface area contributed by atoms with E-state index in [0.29, 0.717) is 31.6 Å². The van der Waals surface area contributed by atoms with Crippen molar-refractivity contribution < 1.29 is 33.8 Å². The number of carbonyl (C=O) groups is 4. The molecule has 0 saturated carbocycles. The number of thioether (sulfide) groups is 1. The number of alkyl carbamates (subject to hydrolysis) is 1. The van der Waals surface area contributed by atoms with Gasteiger partial charge in [0.05, 0.1) is 13.7 Å². The van der Waals surface area contributed by atoms with Crippen LogP contribution in [0.15, 0.2) is 48.5 Å². The van der Waals surface area contributed by atoms with E-state index in [1.165, 1.54) is 25.8 Å². The number of aliphatic hydroxyl groups is 1. The largest absolute Gasteiger partial charge is 0.467 e. The summed E-state index contributed by atoms with van der Waals surface area (Å²) in [6, 6.07) is 14.5. The average molecular weight is 572 g/mol. The van der Waals surface area contributed by atoms with E-state index in [1.54, 1.807) is 0 Å². The van der Waals surface area contributed by atoms with Gasteiger partial charge in [0.15, 0.2) is 0 Å². The summed E-state index contributed by atoms with van der Waals surface area (Å²) in [4.78, 5) is 48.9. The van der Waals surface area contributed by atoms with Gasteiger partial charge in [0.1, 0.15) is 18.7 Å². The number of amides is 3. The predicted molar refractivity (Wildman–Crippen MR) is 153 cm³/mol. The fourth-order valence-electron chi connectivity index (χ4n) is 4.67. The number of rotatable bonds is 15. The number of unbranched alkanes of at least 4 members (excludes halogenated alkanes) is 1. The minimum absolute atomic E-state index is 0.0223. The normalized spacial score (nSPS) is 13.4. The molecular formula is C29H37N3O7S. The molecule has 10 nitrogen and oxygen atoms in total. The molecule has 0 spiro atoms. The summed E-state index contributed by atoms with van der Waals surface area (Å²) < 4.78 is 10.4. The first-order chi connectivity index (χ1) is 19.3. The van der Waals surface area contributed by atoms with Gasteiger partial charge in [-0.05, 0) is 41.5 Å². The number of fused-ring (bicyclic) bond motifs is 3. The Hall–Kier alpha value is -3.57. The quantitative estimate of drug-likeness (QED) is 0.189. The third-order valence-corrected chi connectivity index (χ3v) is 7.59. The van der Waals surface area contributed by atoms with E-state index in [2.05, 4.69) is 40.2 Å². The zero-order valence-electron chi connectivity index (χ0n) is 22.8. The van der Waals surface area contributed by atoms with Gasteiger partial charge in [-0.3, -0.25) is 9.59 Å². The van der Waals surface area contributed by atoms with Crippen LogP contribution in [-0.4, -0.2) is 79.4 Å². The van der Waals surface area contributed by atoms with Gasteiger partial charge >= 0.3 is 12.1 Å². The van der Waals surface area contributed by atoms with Crippen molar-refractivity contribution in [2.24, 2.45) is 0 Å². The lowest BCUT2D eigenvalue weighted by Crippen LogP contribution is -2.52. The number of nitrogens with one attached hydrogen (secondary N) is 3. The van der Waals surface area contributed by atoms with Crippen molar-refractivity contribution in [3.05, 3.63) is 59.7 Å². The first-order valence-corrected chi connectivity index (χ1v) is 14.4. The molecule has 11 heteroatoms. The Bertz CT molecular complexity index is 1130. The van der Waals surface area contributed by atoms with Gasteiger partial charge in [0.25, 0.3) is 0 Å². The first kappa shape index (κ1) is 31.0. The van der Waals surface area contributed by atoms with Crippen LogP contribution in [0.5, 0.6) is 0 Å². The molecule has 0 saturated heterocycles. The van der Waals surface area contributed by atoms with Gasteiger partial charge in [-0.2, -0.15) is 11.8 Å². The number of benzene rings is 2. The zero-order chi connectivity index (χ0) is 28.9. The second kappa shape index (κ2) is 15.9. The van der Waals surface area contributed by atoms with Gasteiger partial charge in [0, 0.05) is 30.9 Å². The molecule has 2 atom stereocenters. The molecule has 0 aliphatic heterocycles. The summed E-state index contributed by atoms with van der Waals surface area (Å²) in [5.41, 5.74) is 4.60. The number of aliphatic hydroxyl groups excluding tert-OH is 1. The highest BCUT2D eigenvalue weighted by atomic mass is 32.2. The van der Waals surface area contributed by atoms with Crippen LogP contribution in [0.25, 0.3) is 11.1 Å². The molecule has 0 bridgehead atoms. The van der Waals surface area contributed by atoms with Gasteiger partial charge in [-0.15, -0.1) is 0 Å². The summed E-state index contributed by atoms with van der Waals surface area (Å²) >= 11 is 1.31. The van der Waals surface area contributed by atoms with Crippen molar-refractivity contribution in [1.29, 1.82) is 0 Å². The van der Waals surface area contributed by atoms with Crippen LogP contribution in [-0.2, 0) is 23.9 Å². The molecule has 4 N–H and O–H groups in total. The Morgan fingerprint density at radius 3 is 2.20 bits per heavy atom. The summed E-state index contributed by atoms with van der Waals surface area (Å²) in [5.74, 6) is -0.829. The van der Waals surface area contributed by atoms with Crippen molar-refractivity contribution in [2.75, 3.05) is 38.4 Å². The smallest absolute Gasteiger partial charge is 0.407 e. The van der Waals surface area contributed by atoms with Crippen LogP contribution in [0.3, 0.4) is 0 Å². The average Bonchev–Trinajstić information content (AvgIpc) is 3.27. The molecule has 0 radical (unpaired) electrons. The predicted octanol–water partition coefficient (Wildman–Crippen LogP) is 2.58. The van der Waals surface area contributed by atoms with Crippen molar-refractivity contribution in [3.8, 4) is 11.1 Å². The maximum absolute atomic E-state index is 12.7. The van der Waals surface area contributed by atoms with Crippen molar-refractivity contribution in [1.82, 2.24) is 16.0 Å². The van der Waals surface area contributed by atoms with Crippen LogP contribution >= 0.6 is 11.8 Å². The lowest BCUT2D eigenvalue weighted by molar-refractivity contribution is -0.145. The van der Waals surface area contributed by atoms with E-state index in [-0.39, 0.29) is 30.8 Å². The molecule has 0 fully saturated rings. The Labute approximate surface area is 238 Å². The molecule has 0 unspecified atom stereocenters. The number of hydrogen-bond acceptors (Lipinski definition) is 8. The molecule has 3 amide bonds. The number of ether oxygens (including phenoxy) is 2. The summed E-state index contributed by atoms with van der Waals surface area (Å²) in [7, 11) is 1.24. The molecule has 1 aliphatic rings. The van der Waals surface area contributed by atoms with E-state index in [4.69, 9.17) is 14.6 Å². The van der Waals surface area contributed by atoms with Crippen molar-refractivity contribution in [3.63, 3.8) is 0 Å².